The smallest absolute Gasteiger partial charge is 0.410 e. The Balaban J connectivity index is 1.84. The summed E-state index contributed by atoms with van der Waals surface area (Å²) < 4.78 is 10.6. The summed E-state index contributed by atoms with van der Waals surface area (Å²) in [5.74, 6) is 0.510. The standard InChI is InChI=1S/C13H18N2O3/c1-2-17-11-8-10(14)12(11)15-13(16)18-9-6-4-3-5-7-9/h3-7,10-12H,2,8,14H2,1H3,(H,15,16). The number of hydrogen-bond acceptors (Lipinski definition) is 4. The molecular weight excluding hydrogens is 232 g/mol. The van der Waals surface area contributed by atoms with Gasteiger partial charge in [0.2, 0.25) is 0 Å². The predicted molar refractivity (Wildman–Crippen MR) is 67.4 cm³/mol. The molecule has 1 aromatic carbocycles. The highest BCUT2D eigenvalue weighted by molar-refractivity contribution is 5.71. The maximum absolute atomic E-state index is 11.7. The second-order valence-electron chi connectivity index (χ2n) is 4.27. The van der Waals surface area contributed by atoms with Gasteiger partial charge in [0.15, 0.2) is 0 Å². The van der Waals surface area contributed by atoms with Gasteiger partial charge >= 0.3 is 6.09 Å². The highest BCUT2D eigenvalue weighted by Gasteiger charge is 2.40. The lowest BCUT2D eigenvalue weighted by molar-refractivity contribution is -0.0298. The summed E-state index contributed by atoms with van der Waals surface area (Å²) >= 11 is 0. The Kier molecular flexibility index (Phi) is 4.17. The molecule has 1 fully saturated rings. The molecule has 3 N–H and O–H groups in total. The van der Waals surface area contributed by atoms with Crippen molar-refractivity contribution in [3.05, 3.63) is 30.3 Å². The van der Waals surface area contributed by atoms with E-state index in [2.05, 4.69) is 5.32 Å². The van der Waals surface area contributed by atoms with E-state index in [1.165, 1.54) is 0 Å². The molecule has 1 aliphatic rings. The van der Waals surface area contributed by atoms with Crippen LogP contribution < -0.4 is 15.8 Å². The van der Waals surface area contributed by atoms with Gasteiger partial charge < -0.3 is 20.5 Å². The molecule has 5 heteroatoms. The number of nitrogens with two attached hydrogens (primary N) is 1. The van der Waals surface area contributed by atoms with Crippen LogP contribution in [-0.2, 0) is 4.74 Å². The minimum atomic E-state index is -0.494. The third-order valence-electron chi connectivity index (χ3n) is 2.99. The molecule has 18 heavy (non-hydrogen) atoms. The fraction of sp³-hybridized carbons (Fsp3) is 0.462. The molecule has 0 aliphatic heterocycles. The van der Waals surface area contributed by atoms with Crippen molar-refractivity contribution in [3.63, 3.8) is 0 Å². The highest BCUT2D eigenvalue weighted by Crippen LogP contribution is 2.22. The lowest BCUT2D eigenvalue weighted by Gasteiger charge is -2.41. The second-order valence-corrected chi connectivity index (χ2v) is 4.27. The first-order valence-corrected chi connectivity index (χ1v) is 6.11. The number of ether oxygens (including phenoxy) is 2. The second kappa shape index (κ2) is 5.84. The third-order valence-corrected chi connectivity index (χ3v) is 2.99. The van der Waals surface area contributed by atoms with Gasteiger partial charge in [0.05, 0.1) is 12.1 Å². The molecule has 0 bridgehead atoms. The molecule has 0 aromatic heterocycles. The van der Waals surface area contributed by atoms with Gasteiger partial charge in [-0.25, -0.2) is 4.79 Å². The Bertz CT molecular complexity index is 394. The fourth-order valence-corrected chi connectivity index (χ4v) is 1.99. The average molecular weight is 250 g/mol. The summed E-state index contributed by atoms with van der Waals surface area (Å²) in [4.78, 5) is 11.7. The molecule has 0 spiro atoms. The highest BCUT2D eigenvalue weighted by atomic mass is 16.6. The Morgan fingerprint density at radius 3 is 2.78 bits per heavy atom. The maximum Gasteiger partial charge on any atom is 0.412 e. The minimum absolute atomic E-state index is 0.00618. The van der Waals surface area contributed by atoms with Crippen LogP contribution in [0.2, 0.25) is 0 Å². The van der Waals surface area contributed by atoms with Crippen molar-refractivity contribution < 1.29 is 14.3 Å². The zero-order valence-corrected chi connectivity index (χ0v) is 10.3. The fourth-order valence-electron chi connectivity index (χ4n) is 1.99. The van der Waals surface area contributed by atoms with E-state index in [4.69, 9.17) is 15.2 Å². The van der Waals surface area contributed by atoms with Crippen LogP contribution in [0.1, 0.15) is 13.3 Å². The number of amides is 1. The van der Waals surface area contributed by atoms with Crippen molar-refractivity contribution in [1.82, 2.24) is 5.32 Å². The number of hydrogen-bond donors (Lipinski definition) is 2. The summed E-state index contributed by atoms with van der Waals surface area (Å²) in [6, 6.07) is 8.69. The molecule has 98 valence electrons. The molecule has 1 aromatic rings. The molecule has 5 nitrogen and oxygen atoms in total. The largest absolute Gasteiger partial charge is 0.412 e. The first kappa shape index (κ1) is 12.9. The van der Waals surface area contributed by atoms with E-state index < -0.39 is 6.09 Å². The summed E-state index contributed by atoms with van der Waals surface area (Å²) in [6.07, 6.45) is 0.267. The normalized spacial score (nSPS) is 26.2. The number of carbonyl (C=O) groups excluding carboxylic acids is 1. The molecule has 1 amide bonds. The molecule has 1 aliphatic carbocycles. The van der Waals surface area contributed by atoms with E-state index in [0.29, 0.717) is 12.4 Å². The number of carbonyl (C=O) groups is 1. The Morgan fingerprint density at radius 1 is 1.44 bits per heavy atom. The van der Waals surface area contributed by atoms with Gasteiger partial charge in [0, 0.05) is 12.6 Å². The van der Waals surface area contributed by atoms with Gasteiger partial charge in [-0.2, -0.15) is 0 Å². The van der Waals surface area contributed by atoms with Crippen LogP contribution in [0.25, 0.3) is 0 Å². The summed E-state index contributed by atoms with van der Waals surface area (Å²) in [7, 11) is 0. The number of para-hydroxylation sites is 1. The van der Waals surface area contributed by atoms with Gasteiger partial charge in [-0.1, -0.05) is 18.2 Å². The Hall–Kier alpha value is -1.59. The molecule has 3 unspecified atom stereocenters. The molecule has 2 rings (SSSR count). The van der Waals surface area contributed by atoms with Crippen LogP contribution in [0.4, 0.5) is 4.79 Å². The molecule has 0 heterocycles. The first-order chi connectivity index (χ1) is 8.70. The SMILES string of the molecule is CCOC1CC(N)C1NC(=O)Oc1ccccc1. The minimum Gasteiger partial charge on any atom is -0.410 e. The monoisotopic (exact) mass is 250 g/mol. The van der Waals surface area contributed by atoms with Crippen LogP contribution in [-0.4, -0.2) is 30.9 Å². The number of benzene rings is 1. The molecule has 0 saturated heterocycles. The summed E-state index contributed by atoms with van der Waals surface area (Å²) in [5.41, 5.74) is 5.83. The summed E-state index contributed by atoms with van der Waals surface area (Å²) in [5, 5.41) is 2.74. The molecule has 1 saturated carbocycles. The van der Waals surface area contributed by atoms with Gasteiger partial charge in [-0.15, -0.1) is 0 Å². The lowest BCUT2D eigenvalue weighted by Crippen LogP contribution is -2.65. The van der Waals surface area contributed by atoms with Crippen molar-refractivity contribution in [1.29, 1.82) is 0 Å². The number of rotatable bonds is 4. The average Bonchev–Trinajstić information content (AvgIpc) is 2.37. The van der Waals surface area contributed by atoms with Gasteiger partial charge in [0.1, 0.15) is 5.75 Å². The van der Waals surface area contributed by atoms with Crippen LogP contribution >= 0.6 is 0 Å². The van der Waals surface area contributed by atoms with Crippen molar-refractivity contribution in [2.45, 2.75) is 31.5 Å². The van der Waals surface area contributed by atoms with Crippen molar-refractivity contribution in [2.75, 3.05) is 6.61 Å². The van der Waals surface area contributed by atoms with Crippen LogP contribution in [0.15, 0.2) is 30.3 Å². The Labute approximate surface area is 106 Å². The molecule has 0 radical (unpaired) electrons. The zero-order chi connectivity index (χ0) is 13.0. The van der Waals surface area contributed by atoms with Gasteiger partial charge in [-0.3, -0.25) is 0 Å². The van der Waals surface area contributed by atoms with Crippen molar-refractivity contribution >= 4 is 6.09 Å². The maximum atomic E-state index is 11.7. The number of nitrogens with one attached hydrogen (secondary N) is 1. The predicted octanol–water partition coefficient (Wildman–Crippen LogP) is 1.28. The van der Waals surface area contributed by atoms with E-state index in [1.54, 1.807) is 24.3 Å². The van der Waals surface area contributed by atoms with Crippen LogP contribution in [0.3, 0.4) is 0 Å². The quantitative estimate of drug-likeness (QED) is 0.844. The van der Waals surface area contributed by atoms with E-state index in [0.717, 1.165) is 6.42 Å². The lowest BCUT2D eigenvalue weighted by atomic mass is 9.83. The first-order valence-electron chi connectivity index (χ1n) is 6.11. The van der Waals surface area contributed by atoms with E-state index in [-0.39, 0.29) is 18.2 Å². The topological polar surface area (TPSA) is 73.6 Å². The zero-order valence-electron chi connectivity index (χ0n) is 10.3. The van der Waals surface area contributed by atoms with E-state index >= 15 is 0 Å². The summed E-state index contributed by atoms with van der Waals surface area (Å²) in [6.45, 7) is 2.53. The molecule has 3 atom stereocenters. The third kappa shape index (κ3) is 3.00. The van der Waals surface area contributed by atoms with Crippen molar-refractivity contribution in [2.24, 2.45) is 5.73 Å². The van der Waals surface area contributed by atoms with Crippen LogP contribution in [0, 0.1) is 0 Å². The van der Waals surface area contributed by atoms with Gasteiger partial charge in [-0.05, 0) is 25.5 Å². The van der Waals surface area contributed by atoms with Crippen molar-refractivity contribution in [3.8, 4) is 5.75 Å². The van der Waals surface area contributed by atoms with Gasteiger partial charge in [0.25, 0.3) is 0 Å². The Morgan fingerprint density at radius 2 is 2.17 bits per heavy atom. The molecular formula is C13H18N2O3. The van der Waals surface area contributed by atoms with E-state index in [9.17, 15) is 4.79 Å². The van der Waals surface area contributed by atoms with E-state index in [1.807, 2.05) is 13.0 Å². The van der Waals surface area contributed by atoms with Crippen LogP contribution in [0.5, 0.6) is 5.75 Å².